The van der Waals surface area contributed by atoms with Gasteiger partial charge in [0.1, 0.15) is 0 Å². The van der Waals surface area contributed by atoms with Crippen LogP contribution in [-0.2, 0) is 11.7 Å². The molecule has 0 aromatic heterocycles. The molecule has 0 aliphatic heterocycles. The van der Waals surface area contributed by atoms with Gasteiger partial charge in [0.15, 0.2) is 0 Å². The summed E-state index contributed by atoms with van der Waals surface area (Å²) in [6.45, 7) is 1.70. The van der Waals surface area contributed by atoms with E-state index in [0.29, 0.717) is 5.56 Å². The maximum Gasteiger partial charge on any atom is 0.416 e. The van der Waals surface area contributed by atoms with Crippen LogP contribution in [0.5, 0.6) is 0 Å². The van der Waals surface area contributed by atoms with E-state index in [4.69, 9.17) is 5.73 Å². The quantitative estimate of drug-likeness (QED) is 0.840. The molecule has 0 radical (unpaired) electrons. The van der Waals surface area contributed by atoms with Crippen molar-refractivity contribution in [3.8, 4) is 0 Å². The van der Waals surface area contributed by atoms with Gasteiger partial charge in [0.2, 0.25) is 0 Å². The molecule has 1 unspecified atom stereocenters. The zero-order valence-electron chi connectivity index (χ0n) is 10.7. The van der Waals surface area contributed by atoms with Crippen molar-refractivity contribution in [3.63, 3.8) is 0 Å². The summed E-state index contributed by atoms with van der Waals surface area (Å²) in [5, 5.41) is 0. The van der Waals surface area contributed by atoms with E-state index in [0.717, 1.165) is 22.2 Å². The molecule has 0 saturated heterocycles. The monoisotopic (exact) mass is 343 g/mol. The molecule has 0 heterocycles. The summed E-state index contributed by atoms with van der Waals surface area (Å²) in [5.74, 6) is 0. The molecular weight excluding hydrogens is 331 g/mol. The second-order valence-electron chi connectivity index (χ2n) is 4.79. The number of hydrogen-bond donors (Lipinski definition) is 1. The first-order valence-corrected chi connectivity index (χ1v) is 6.73. The van der Waals surface area contributed by atoms with Gasteiger partial charge in [-0.3, -0.25) is 0 Å². The molecule has 0 aliphatic carbocycles. The van der Waals surface area contributed by atoms with Crippen LogP contribution in [0.4, 0.5) is 13.2 Å². The van der Waals surface area contributed by atoms with Crippen LogP contribution in [0.25, 0.3) is 0 Å². The van der Waals surface area contributed by atoms with Gasteiger partial charge in [-0.15, -0.1) is 0 Å². The van der Waals surface area contributed by atoms with E-state index in [1.165, 1.54) is 6.07 Å². The van der Waals surface area contributed by atoms with Crippen molar-refractivity contribution in [2.24, 2.45) is 5.73 Å². The summed E-state index contributed by atoms with van der Waals surface area (Å²) in [6.07, 6.45) is -4.37. The molecule has 2 N–H and O–H groups in total. The third-order valence-electron chi connectivity index (χ3n) is 3.23. The lowest BCUT2D eigenvalue weighted by molar-refractivity contribution is -0.137. The molecule has 0 fully saturated rings. The highest BCUT2D eigenvalue weighted by Crippen LogP contribution is 2.33. The Hall–Kier alpha value is -1.33. The molecule has 1 atom stereocenters. The second-order valence-corrected chi connectivity index (χ2v) is 5.70. The molecule has 2 aromatic carbocycles. The molecule has 0 bridgehead atoms. The summed E-state index contributed by atoms with van der Waals surface area (Å²) in [4.78, 5) is 0. The van der Waals surface area contributed by atoms with E-state index in [1.807, 2.05) is 12.1 Å². The summed E-state index contributed by atoms with van der Waals surface area (Å²) in [6, 6.07) is 12.3. The Labute approximate surface area is 123 Å². The Morgan fingerprint density at radius 1 is 0.900 bits per heavy atom. The Morgan fingerprint density at radius 3 is 2.00 bits per heavy atom. The van der Waals surface area contributed by atoms with Crippen LogP contribution < -0.4 is 5.73 Å². The van der Waals surface area contributed by atoms with Gasteiger partial charge in [-0.1, -0.05) is 40.2 Å². The number of alkyl halides is 3. The van der Waals surface area contributed by atoms with Crippen LogP contribution in [0.2, 0.25) is 0 Å². The van der Waals surface area contributed by atoms with Gasteiger partial charge in [0, 0.05) is 4.47 Å². The summed E-state index contributed by atoms with van der Waals surface area (Å²) in [5.41, 5.74) is 5.74. The lowest BCUT2D eigenvalue weighted by atomic mass is 9.85. The summed E-state index contributed by atoms with van der Waals surface area (Å²) < 4.78 is 39.2. The molecule has 1 nitrogen and oxygen atoms in total. The molecule has 0 saturated carbocycles. The maximum absolute atomic E-state index is 12.8. The highest BCUT2D eigenvalue weighted by molar-refractivity contribution is 9.10. The van der Waals surface area contributed by atoms with Crippen molar-refractivity contribution < 1.29 is 13.2 Å². The lowest BCUT2D eigenvalue weighted by Crippen LogP contribution is -2.34. The van der Waals surface area contributed by atoms with Crippen LogP contribution >= 0.6 is 15.9 Å². The van der Waals surface area contributed by atoms with Crippen LogP contribution in [0.15, 0.2) is 53.0 Å². The maximum atomic E-state index is 12.8. The number of rotatable bonds is 2. The zero-order chi connectivity index (χ0) is 15.0. The molecule has 0 aliphatic rings. The zero-order valence-corrected chi connectivity index (χ0v) is 12.3. The van der Waals surface area contributed by atoms with Crippen molar-refractivity contribution in [2.45, 2.75) is 18.6 Å². The fraction of sp³-hybridized carbons (Fsp3) is 0.200. The van der Waals surface area contributed by atoms with E-state index < -0.39 is 17.3 Å². The lowest BCUT2D eigenvalue weighted by Gasteiger charge is -2.26. The summed E-state index contributed by atoms with van der Waals surface area (Å²) >= 11 is 3.32. The van der Waals surface area contributed by atoms with Crippen molar-refractivity contribution in [2.75, 3.05) is 0 Å². The van der Waals surface area contributed by atoms with Crippen molar-refractivity contribution in [1.29, 1.82) is 0 Å². The van der Waals surface area contributed by atoms with Gasteiger partial charge >= 0.3 is 6.18 Å². The van der Waals surface area contributed by atoms with Gasteiger partial charge in [-0.2, -0.15) is 13.2 Å². The van der Waals surface area contributed by atoms with Gasteiger partial charge in [0.05, 0.1) is 11.1 Å². The van der Waals surface area contributed by atoms with Crippen LogP contribution in [-0.4, -0.2) is 0 Å². The minimum absolute atomic E-state index is 0.426. The minimum atomic E-state index is -4.37. The van der Waals surface area contributed by atoms with Gasteiger partial charge < -0.3 is 5.73 Å². The first-order valence-electron chi connectivity index (χ1n) is 5.94. The number of benzene rings is 2. The van der Waals surface area contributed by atoms with Gasteiger partial charge in [0.25, 0.3) is 0 Å². The molecular formula is C15H13BrF3N. The van der Waals surface area contributed by atoms with E-state index in [2.05, 4.69) is 15.9 Å². The SMILES string of the molecule is CC(N)(c1ccc(Br)cc1)c1cccc(C(F)(F)F)c1. The average Bonchev–Trinajstić information content (AvgIpc) is 2.38. The van der Waals surface area contributed by atoms with Gasteiger partial charge in [-0.05, 0) is 42.3 Å². The van der Waals surface area contributed by atoms with E-state index in [1.54, 1.807) is 25.1 Å². The third-order valence-corrected chi connectivity index (χ3v) is 3.76. The van der Waals surface area contributed by atoms with Gasteiger partial charge in [-0.25, -0.2) is 0 Å². The minimum Gasteiger partial charge on any atom is -0.318 e. The standard InChI is InChI=1S/C15H13BrF3N/c1-14(20,10-5-7-13(16)8-6-10)11-3-2-4-12(9-11)15(17,18)19/h2-9H,20H2,1H3. The van der Waals surface area contributed by atoms with Crippen LogP contribution in [0.1, 0.15) is 23.6 Å². The van der Waals surface area contributed by atoms with E-state index in [9.17, 15) is 13.2 Å². The first kappa shape index (κ1) is 15.1. The van der Waals surface area contributed by atoms with Crippen molar-refractivity contribution in [1.82, 2.24) is 0 Å². The largest absolute Gasteiger partial charge is 0.416 e. The Balaban J connectivity index is 2.46. The molecule has 5 heteroatoms. The molecule has 20 heavy (non-hydrogen) atoms. The Morgan fingerprint density at radius 2 is 1.45 bits per heavy atom. The molecule has 2 aromatic rings. The highest BCUT2D eigenvalue weighted by Gasteiger charge is 2.32. The smallest absolute Gasteiger partial charge is 0.318 e. The number of halogens is 4. The Bertz CT molecular complexity index is 603. The fourth-order valence-electron chi connectivity index (χ4n) is 1.98. The normalized spacial score (nSPS) is 14.9. The fourth-order valence-corrected chi connectivity index (χ4v) is 2.25. The highest BCUT2D eigenvalue weighted by atomic mass is 79.9. The molecule has 106 valence electrons. The predicted molar refractivity (Wildman–Crippen MR) is 76.2 cm³/mol. The second kappa shape index (κ2) is 5.22. The van der Waals surface area contributed by atoms with Crippen molar-refractivity contribution >= 4 is 15.9 Å². The number of hydrogen-bond acceptors (Lipinski definition) is 1. The third kappa shape index (κ3) is 3.04. The topological polar surface area (TPSA) is 26.0 Å². The first-order chi connectivity index (χ1) is 9.21. The number of nitrogens with two attached hydrogens (primary N) is 1. The van der Waals surface area contributed by atoms with Crippen molar-refractivity contribution in [3.05, 3.63) is 69.7 Å². The van der Waals surface area contributed by atoms with Crippen LogP contribution in [0.3, 0.4) is 0 Å². The molecule has 0 amide bonds. The van der Waals surface area contributed by atoms with E-state index in [-0.39, 0.29) is 0 Å². The Kier molecular flexibility index (Phi) is 3.93. The van der Waals surface area contributed by atoms with E-state index >= 15 is 0 Å². The molecule has 2 rings (SSSR count). The molecule has 0 spiro atoms. The van der Waals surface area contributed by atoms with Crippen LogP contribution in [0, 0.1) is 0 Å². The average molecular weight is 344 g/mol. The summed E-state index contributed by atoms with van der Waals surface area (Å²) in [7, 11) is 0. The predicted octanol–water partition coefficient (Wildman–Crippen LogP) is 4.69.